The molecule has 0 saturated carbocycles. The van der Waals surface area contributed by atoms with E-state index in [1.807, 2.05) is 19.4 Å². The van der Waals surface area contributed by atoms with E-state index in [0.29, 0.717) is 5.92 Å². The molecule has 2 aromatic rings. The zero-order chi connectivity index (χ0) is 12.1. The fourth-order valence-electron chi connectivity index (χ4n) is 2.03. The predicted molar refractivity (Wildman–Crippen MR) is 71.2 cm³/mol. The van der Waals surface area contributed by atoms with Crippen molar-refractivity contribution in [2.45, 2.75) is 12.8 Å². The fraction of sp³-hybridized carbons (Fsp3) is 0.267. The number of aryl methyl sites for hydroxylation is 1. The molecule has 0 fully saturated rings. The Labute approximate surface area is 103 Å². The van der Waals surface area contributed by atoms with Crippen LogP contribution in [0.25, 0.3) is 0 Å². The predicted octanol–water partition coefficient (Wildman–Crippen LogP) is 2.74. The lowest BCUT2D eigenvalue weighted by molar-refractivity contribution is 0.707. The van der Waals surface area contributed by atoms with Crippen molar-refractivity contribution in [3.8, 4) is 0 Å². The molecule has 88 valence electrons. The van der Waals surface area contributed by atoms with E-state index in [9.17, 15) is 0 Å². The van der Waals surface area contributed by atoms with Crippen molar-refractivity contribution < 1.29 is 0 Å². The third-order valence-electron chi connectivity index (χ3n) is 3.00. The van der Waals surface area contributed by atoms with Crippen molar-refractivity contribution in [2.24, 2.45) is 0 Å². The number of hydrogen-bond acceptors (Lipinski definition) is 2. The van der Waals surface area contributed by atoms with Gasteiger partial charge in [0.25, 0.3) is 0 Å². The molecular formula is C15H18N2. The summed E-state index contributed by atoms with van der Waals surface area (Å²) in [7, 11) is 1.99. The molecule has 2 rings (SSSR count). The highest BCUT2D eigenvalue weighted by Crippen LogP contribution is 2.23. The van der Waals surface area contributed by atoms with Crippen molar-refractivity contribution in [3.05, 3.63) is 65.5 Å². The maximum absolute atomic E-state index is 4.08. The summed E-state index contributed by atoms with van der Waals surface area (Å²) in [6.07, 6.45) is 3.71. The van der Waals surface area contributed by atoms with Gasteiger partial charge in [-0.2, -0.15) is 0 Å². The van der Waals surface area contributed by atoms with Crippen molar-refractivity contribution in [1.82, 2.24) is 10.3 Å². The van der Waals surface area contributed by atoms with Gasteiger partial charge in [-0.15, -0.1) is 0 Å². The number of pyridine rings is 1. The van der Waals surface area contributed by atoms with Gasteiger partial charge in [-0.25, -0.2) is 0 Å². The molecular weight excluding hydrogens is 208 g/mol. The second kappa shape index (κ2) is 5.60. The number of benzene rings is 1. The van der Waals surface area contributed by atoms with E-state index in [0.717, 1.165) is 6.54 Å². The van der Waals surface area contributed by atoms with Gasteiger partial charge in [0, 0.05) is 24.9 Å². The molecule has 0 amide bonds. The summed E-state index contributed by atoms with van der Waals surface area (Å²) in [5.74, 6) is 0.392. The van der Waals surface area contributed by atoms with Crippen LogP contribution in [0.4, 0.5) is 0 Å². The lowest BCUT2D eigenvalue weighted by Gasteiger charge is -2.17. The second-order valence-corrected chi connectivity index (χ2v) is 4.30. The Bertz CT molecular complexity index is 448. The van der Waals surface area contributed by atoms with Crippen molar-refractivity contribution >= 4 is 0 Å². The number of aromatic nitrogens is 1. The van der Waals surface area contributed by atoms with Gasteiger partial charge >= 0.3 is 0 Å². The highest BCUT2D eigenvalue weighted by Gasteiger charge is 2.12. The van der Waals surface area contributed by atoms with Gasteiger partial charge in [0.2, 0.25) is 0 Å². The van der Waals surface area contributed by atoms with Gasteiger partial charge in [0.1, 0.15) is 0 Å². The Morgan fingerprint density at radius 1 is 1.00 bits per heavy atom. The Kier molecular flexibility index (Phi) is 3.89. The van der Waals surface area contributed by atoms with Gasteiger partial charge < -0.3 is 5.32 Å². The van der Waals surface area contributed by atoms with Gasteiger partial charge in [0.05, 0.1) is 0 Å². The molecule has 17 heavy (non-hydrogen) atoms. The van der Waals surface area contributed by atoms with E-state index in [1.165, 1.54) is 16.7 Å². The average Bonchev–Trinajstić information content (AvgIpc) is 2.38. The molecule has 0 saturated heterocycles. The number of rotatable bonds is 4. The van der Waals surface area contributed by atoms with Crippen LogP contribution in [0.2, 0.25) is 0 Å². The molecule has 0 bridgehead atoms. The second-order valence-electron chi connectivity index (χ2n) is 4.30. The number of nitrogens with zero attached hydrogens (tertiary/aromatic N) is 1. The lowest BCUT2D eigenvalue weighted by Crippen LogP contribution is -2.18. The molecule has 1 N–H and O–H groups in total. The number of hydrogen-bond donors (Lipinski definition) is 1. The molecule has 0 aliphatic rings. The van der Waals surface area contributed by atoms with Crippen molar-refractivity contribution in [1.29, 1.82) is 0 Å². The first-order valence-corrected chi connectivity index (χ1v) is 5.92. The maximum Gasteiger partial charge on any atom is 0.0270 e. The Morgan fingerprint density at radius 3 is 2.18 bits per heavy atom. The molecule has 1 aromatic heterocycles. The maximum atomic E-state index is 4.08. The zero-order valence-corrected chi connectivity index (χ0v) is 10.4. The van der Waals surface area contributed by atoms with E-state index >= 15 is 0 Å². The third-order valence-corrected chi connectivity index (χ3v) is 3.00. The van der Waals surface area contributed by atoms with E-state index < -0.39 is 0 Å². The van der Waals surface area contributed by atoms with Crippen LogP contribution in [-0.2, 0) is 0 Å². The molecule has 1 unspecified atom stereocenters. The van der Waals surface area contributed by atoms with Crippen LogP contribution < -0.4 is 5.32 Å². The van der Waals surface area contributed by atoms with Crippen LogP contribution in [0.3, 0.4) is 0 Å². The standard InChI is InChI=1S/C15H18N2/c1-12-3-5-13(6-4-12)15(11-16-2)14-7-9-17-10-8-14/h3-10,15-16H,11H2,1-2H3. The smallest absolute Gasteiger partial charge is 0.0270 e. The number of nitrogens with one attached hydrogen (secondary N) is 1. The quantitative estimate of drug-likeness (QED) is 0.867. The molecule has 0 aliphatic carbocycles. The lowest BCUT2D eigenvalue weighted by atomic mass is 9.91. The van der Waals surface area contributed by atoms with E-state index in [2.05, 4.69) is 53.6 Å². The van der Waals surface area contributed by atoms with Gasteiger partial charge in [0.15, 0.2) is 0 Å². The minimum absolute atomic E-state index is 0.392. The zero-order valence-electron chi connectivity index (χ0n) is 10.4. The van der Waals surface area contributed by atoms with Crippen molar-refractivity contribution in [3.63, 3.8) is 0 Å². The normalized spacial score (nSPS) is 12.4. The van der Waals surface area contributed by atoms with Crippen LogP contribution >= 0.6 is 0 Å². The van der Waals surface area contributed by atoms with Gasteiger partial charge in [-0.3, -0.25) is 4.98 Å². The van der Waals surface area contributed by atoms with Crippen LogP contribution in [0.5, 0.6) is 0 Å². The van der Waals surface area contributed by atoms with Crippen LogP contribution in [0.1, 0.15) is 22.6 Å². The summed E-state index contributed by atoms with van der Waals surface area (Å²) in [5, 5.41) is 3.26. The molecule has 0 radical (unpaired) electrons. The Balaban J connectivity index is 2.32. The summed E-state index contributed by atoms with van der Waals surface area (Å²) in [6.45, 7) is 3.05. The largest absolute Gasteiger partial charge is 0.319 e. The third kappa shape index (κ3) is 2.92. The summed E-state index contributed by atoms with van der Waals surface area (Å²) in [5.41, 5.74) is 3.95. The minimum atomic E-state index is 0.392. The number of likely N-dealkylation sites (N-methyl/N-ethyl adjacent to an activating group) is 1. The molecule has 1 atom stereocenters. The highest BCUT2D eigenvalue weighted by molar-refractivity contribution is 5.33. The van der Waals surface area contributed by atoms with Gasteiger partial charge in [-0.05, 0) is 37.2 Å². The van der Waals surface area contributed by atoms with Gasteiger partial charge in [-0.1, -0.05) is 29.8 Å². The first-order valence-electron chi connectivity index (χ1n) is 5.92. The van der Waals surface area contributed by atoms with Crippen LogP contribution in [0, 0.1) is 6.92 Å². The molecule has 1 heterocycles. The molecule has 0 aliphatic heterocycles. The van der Waals surface area contributed by atoms with Crippen molar-refractivity contribution in [2.75, 3.05) is 13.6 Å². The molecule has 1 aromatic carbocycles. The average molecular weight is 226 g/mol. The monoisotopic (exact) mass is 226 g/mol. The Hall–Kier alpha value is -1.67. The highest BCUT2D eigenvalue weighted by atomic mass is 14.8. The minimum Gasteiger partial charge on any atom is -0.319 e. The van der Waals surface area contributed by atoms with Crippen LogP contribution in [-0.4, -0.2) is 18.6 Å². The Morgan fingerprint density at radius 2 is 1.59 bits per heavy atom. The van der Waals surface area contributed by atoms with Crippen LogP contribution in [0.15, 0.2) is 48.8 Å². The molecule has 2 heteroatoms. The van der Waals surface area contributed by atoms with E-state index in [-0.39, 0.29) is 0 Å². The summed E-state index contributed by atoms with van der Waals surface area (Å²) < 4.78 is 0. The van der Waals surface area contributed by atoms with E-state index in [1.54, 1.807) is 0 Å². The van der Waals surface area contributed by atoms with E-state index in [4.69, 9.17) is 0 Å². The first kappa shape index (κ1) is 11.8. The molecule has 2 nitrogen and oxygen atoms in total. The summed E-state index contributed by atoms with van der Waals surface area (Å²) in [4.78, 5) is 4.08. The summed E-state index contributed by atoms with van der Waals surface area (Å²) >= 11 is 0. The molecule has 0 spiro atoms. The topological polar surface area (TPSA) is 24.9 Å². The fourth-order valence-corrected chi connectivity index (χ4v) is 2.03. The first-order chi connectivity index (χ1) is 8.31. The summed E-state index contributed by atoms with van der Waals surface area (Å²) in [6, 6.07) is 12.9. The SMILES string of the molecule is CNCC(c1ccncc1)c1ccc(C)cc1.